The minimum Gasteiger partial charge on any atom is -0.462 e. The van der Waals surface area contributed by atoms with Crippen LogP contribution in [0.1, 0.15) is 32.7 Å². The van der Waals surface area contributed by atoms with Crippen LogP contribution >= 0.6 is 11.3 Å². The van der Waals surface area contributed by atoms with Crippen molar-refractivity contribution in [3.63, 3.8) is 0 Å². The Hall–Kier alpha value is -2.65. The van der Waals surface area contributed by atoms with Gasteiger partial charge in [-0.25, -0.2) is 13.2 Å². The number of hydrogen-bond acceptors (Lipinski definition) is 6. The second-order valence-electron chi connectivity index (χ2n) is 6.26. The molecule has 0 amide bonds. The van der Waals surface area contributed by atoms with E-state index in [1.807, 2.05) is 19.9 Å². The lowest BCUT2D eigenvalue weighted by Gasteiger charge is -2.11. The highest BCUT2D eigenvalue weighted by Gasteiger charge is 2.27. The third kappa shape index (κ3) is 3.95. The number of nitrogens with zero attached hydrogens (tertiary/aromatic N) is 1. The van der Waals surface area contributed by atoms with Crippen LogP contribution in [-0.4, -0.2) is 31.2 Å². The monoisotopic (exact) mass is 419 g/mol. The first kappa shape index (κ1) is 20.1. The Morgan fingerprint density at radius 3 is 2.61 bits per heavy atom. The van der Waals surface area contributed by atoms with E-state index in [9.17, 15) is 13.2 Å². The van der Waals surface area contributed by atoms with Crippen molar-refractivity contribution in [1.29, 1.82) is 0 Å². The molecule has 1 aromatic carbocycles. The van der Waals surface area contributed by atoms with Gasteiger partial charge in [0.05, 0.1) is 17.9 Å². The molecule has 2 N–H and O–H groups in total. The second kappa shape index (κ2) is 7.76. The fraction of sp³-hybridized carbons (Fsp3) is 0.263. The number of nitrogens with one attached hydrogen (secondary N) is 2. The maximum atomic E-state index is 13.2. The maximum Gasteiger partial charge on any atom is 0.338 e. The number of anilines is 1. The quantitative estimate of drug-likeness (QED) is 0.587. The number of hydrogen-bond donors (Lipinski definition) is 2. The lowest BCUT2D eigenvalue weighted by Crippen LogP contribution is -2.15. The molecule has 9 heteroatoms. The van der Waals surface area contributed by atoms with Crippen molar-refractivity contribution in [2.45, 2.75) is 32.6 Å². The zero-order chi connectivity index (χ0) is 20.5. The average Bonchev–Trinajstić information content (AvgIpc) is 3.17. The van der Waals surface area contributed by atoms with Crippen LogP contribution in [0.4, 0.5) is 5.69 Å². The number of ether oxygens (including phenoxy) is 1. The molecule has 3 rings (SSSR count). The van der Waals surface area contributed by atoms with Gasteiger partial charge in [0.1, 0.15) is 4.90 Å². The minimum absolute atomic E-state index is 0.197. The van der Waals surface area contributed by atoms with E-state index in [0.717, 1.165) is 10.6 Å². The molecule has 148 valence electrons. The summed E-state index contributed by atoms with van der Waals surface area (Å²) in [6.07, 6.45) is 0. The number of aromatic amines is 1. The lowest BCUT2D eigenvalue weighted by molar-refractivity contribution is 0.0526. The Bertz CT molecular complexity index is 1130. The van der Waals surface area contributed by atoms with Gasteiger partial charge in [-0.05, 0) is 52.0 Å². The molecule has 28 heavy (non-hydrogen) atoms. The van der Waals surface area contributed by atoms with Gasteiger partial charge in [0.15, 0.2) is 0 Å². The molecule has 0 saturated heterocycles. The van der Waals surface area contributed by atoms with E-state index < -0.39 is 16.0 Å². The number of aromatic nitrogens is 2. The number of rotatable bonds is 6. The van der Waals surface area contributed by atoms with Crippen molar-refractivity contribution < 1.29 is 17.9 Å². The van der Waals surface area contributed by atoms with Crippen molar-refractivity contribution in [1.82, 2.24) is 10.2 Å². The van der Waals surface area contributed by atoms with Gasteiger partial charge in [0.25, 0.3) is 10.0 Å². The van der Waals surface area contributed by atoms with Gasteiger partial charge in [-0.1, -0.05) is 6.07 Å². The van der Waals surface area contributed by atoms with Crippen molar-refractivity contribution in [3.05, 3.63) is 51.3 Å². The van der Waals surface area contributed by atoms with E-state index in [-0.39, 0.29) is 22.8 Å². The molecule has 7 nitrogen and oxygen atoms in total. The molecule has 0 atom stereocenters. The summed E-state index contributed by atoms with van der Waals surface area (Å²) < 4.78 is 33.9. The predicted molar refractivity (Wildman–Crippen MR) is 109 cm³/mol. The third-order valence-corrected chi connectivity index (χ3v) is 6.76. The number of carbonyl (C=O) groups is 1. The highest BCUT2D eigenvalue weighted by Crippen LogP contribution is 2.39. The van der Waals surface area contributed by atoms with Crippen LogP contribution in [-0.2, 0) is 14.8 Å². The highest BCUT2D eigenvalue weighted by molar-refractivity contribution is 7.93. The first-order valence-electron chi connectivity index (χ1n) is 8.65. The summed E-state index contributed by atoms with van der Waals surface area (Å²) in [5.74, 6) is -0.501. The van der Waals surface area contributed by atoms with Crippen molar-refractivity contribution in [2.75, 3.05) is 11.3 Å². The van der Waals surface area contributed by atoms with Gasteiger partial charge in [-0.15, -0.1) is 11.3 Å². The van der Waals surface area contributed by atoms with Crippen molar-refractivity contribution >= 4 is 33.0 Å². The highest BCUT2D eigenvalue weighted by atomic mass is 32.2. The molecule has 0 unspecified atom stereocenters. The smallest absolute Gasteiger partial charge is 0.338 e. The van der Waals surface area contributed by atoms with E-state index in [0.29, 0.717) is 16.1 Å². The van der Waals surface area contributed by atoms with Crippen LogP contribution < -0.4 is 4.72 Å². The molecule has 0 aliphatic heterocycles. The SMILES string of the molecule is CCOC(=O)c1cccc(NS(=O)(=O)c2c(C)sc(C)c2-c2cc(C)[nH]n2)c1. The number of sulfonamides is 1. The molecule has 0 aliphatic carbocycles. The summed E-state index contributed by atoms with van der Waals surface area (Å²) >= 11 is 1.40. The van der Waals surface area contributed by atoms with Gasteiger partial charge < -0.3 is 4.74 Å². The molecule has 2 heterocycles. The fourth-order valence-electron chi connectivity index (χ4n) is 2.96. The van der Waals surface area contributed by atoms with Crippen LogP contribution in [0, 0.1) is 20.8 Å². The Morgan fingerprint density at radius 2 is 1.96 bits per heavy atom. The van der Waals surface area contributed by atoms with Crippen LogP contribution in [0.2, 0.25) is 0 Å². The number of H-pyrrole nitrogens is 1. The molecule has 0 radical (unpaired) electrons. The molecule has 3 aromatic rings. The molecule has 2 aromatic heterocycles. The van der Waals surface area contributed by atoms with E-state index in [2.05, 4.69) is 14.9 Å². The third-order valence-electron chi connectivity index (χ3n) is 4.06. The Morgan fingerprint density at radius 1 is 1.21 bits per heavy atom. The zero-order valence-corrected chi connectivity index (χ0v) is 17.6. The Kier molecular flexibility index (Phi) is 5.57. The van der Waals surface area contributed by atoms with Gasteiger partial charge >= 0.3 is 5.97 Å². The van der Waals surface area contributed by atoms with Crippen LogP contribution in [0.5, 0.6) is 0 Å². The van der Waals surface area contributed by atoms with Crippen LogP contribution in [0.15, 0.2) is 35.2 Å². The summed E-state index contributed by atoms with van der Waals surface area (Å²) in [5.41, 5.74) is 2.58. The topological polar surface area (TPSA) is 101 Å². The number of thiophene rings is 1. The Labute approximate surface area is 167 Å². The van der Waals surface area contributed by atoms with Crippen LogP contribution in [0.3, 0.4) is 0 Å². The number of carbonyl (C=O) groups excluding carboxylic acids is 1. The van der Waals surface area contributed by atoms with E-state index in [1.165, 1.54) is 17.4 Å². The summed E-state index contributed by atoms with van der Waals surface area (Å²) in [7, 11) is -3.89. The standard InChI is InChI=1S/C19H21N3O4S2/c1-5-26-19(23)14-7-6-8-15(10-14)22-28(24,25)18-13(4)27-12(3)17(18)16-9-11(2)20-21-16/h6-10,22H,5H2,1-4H3,(H,20,21). The van der Waals surface area contributed by atoms with Crippen molar-refractivity contribution in [3.8, 4) is 11.3 Å². The zero-order valence-electron chi connectivity index (χ0n) is 16.0. The molecule has 0 spiro atoms. The average molecular weight is 420 g/mol. The minimum atomic E-state index is -3.89. The Balaban J connectivity index is 2.01. The maximum absolute atomic E-state index is 13.2. The molecular weight excluding hydrogens is 398 g/mol. The largest absolute Gasteiger partial charge is 0.462 e. The fourth-order valence-corrected chi connectivity index (χ4v) is 5.89. The molecule has 0 aliphatic rings. The number of aryl methyl sites for hydroxylation is 3. The number of benzene rings is 1. The first-order valence-corrected chi connectivity index (χ1v) is 10.9. The van der Waals surface area contributed by atoms with Gasteiger partial charge in [0.2, 0.25) is 0 Å². The van der Waals surface area contributed by atoms with Crippen molar-refractivity contribution in [2.24, 2.45) is 0 Å². The molecule has 0 bridgehead atoms. The predicted octanol–water partition coefficient (Wildman–Crippen LogP) is 4.04. The van der Waals surface area contributed by atoms with Gasteiger partial charge in [-0.2, -0.15) is 5.10 Å². The molecule has 0 saturated carbocycles. The molecule has 0 fully saturated rings. The summed E-state index contributed by atoms with van der Waals surface area (Å²) in [6.45, 7) is 7.46. The summed E-state index contributed by atoms with van der Waals surface area (Å²) in [6, 6.07) is 8.05. The van der Waals surface area contributed by atoms with E-state index in [4.69, 9.17) is 4.74 Å². The van der Waals surface area contributed by atoms with Gasteiger partial charge in [0, 0.05) is 26.7 Å². The second-order valence-corrected chi connectivity index (χ2v) is 9.31. The summed E-state index contributed by atoms with van der Waals surface area (Å²) in [4.78, 5) is 13.7. The lowest BCUT2D eigenvalue weighted by atomic mass is 10.2. The van der Waals surface area contributed by atoms with Gasteiger partial charge in [-0.3, -0.25) is 9.82 Å². The first-order chi connectivity index (χ1) is 13.2. The van der Waals surface area contributed by atoms with Crippen LogP contribution in [0.25, 0.3) is 11.3 Å². The summed E-state index contributed by atoms with van der Waals surface area (Å²) in [5, 5.41) is 7.08. The van der Waals surface area contributed by atoms with E-state index in [1.54, 1.807) is 32.0 Å². The molecular formula is C19H21N3O4S2. The number of esters is 1. The van der Waals surface area contributed by atoms with E-state index >= 15 is 0 Å². The normalized spacial score (nSPS) is 11.4.